The third kappa shape index (κ3) is 4.54. The van der Waals surface area contributed by atoms with Crippen LogP contribution in [0.25, 0.3) is 0 Å². The molecule has 1 fully saturated rings. The van der Waals surface area contributed by atoms with Crippen LogP contribution in [0.3, 0.4) is 0 Å². The maximum absolute atomic E-state index is 6.39. The van der Waals surface area contributed by atoms with Crippen LogP contribution < -0.4 is 10.5 Å². The van der Waals surface area contributed by atoms with Gasteiger partial charge in [0, 0.05) is 6.04 Å². The summed E-state index contributed by atoms with van der Waals surface area (Å²) in [6.07, 6.45) is 9.43. The fourth-order valence-electron chi connectivity index (χ4n) is 3.10. The maximum atomic E-state index is 6.39. The standard InChI is InChI=1S/C17H27NO/c1-2-19-16-11-7-10-15(13-16)17(18)12-14-8-5-3-4-6-9-14/h7,10-11,13-14,17H,2-6,8-9,12,18H2,1H3. The molecule has 1 atom stereocenters. The van der Waals surface area contributed by atoms with Gasteiger partial charge in [0.25, 0.3) is 0 Å². The van der Waals surface area contributed by atoms with Crippen LogP contribution in [0.15, 0.2) is 24.3 Å². The predicted octanol–water partition coefficient (Wildman–Crippen LogP) is 4.45. The van der Waals surface area contributed by atoms with E-state index in [0.717, 1.165) is 18.1 Å². The molecular weight excluding hydrogens is 234 g/mol. The molecule has 0 heterocycles. The van der Waals surface area contributed by atoms with E-state index >= 15 is 0 Å². The van der Waals surface area contributed by atoms with Gasteiger partial charge >= 0.3 is 0 Å². The summed E-state index contributed by atoms with van der Waals surface area (Å²) in [6, 6.07) is 8.44. The molecule has 1 aromatic rings. The number of hydrogen-bond donors (Lipinski definition) is 1. The largest absolute Gasteiger partial charge is 0.494 e. The van der Waals surface area contributed by atoms with Gasteiger partial charge in [0.15, 0.2) is 0 Å². The second-order valence-corrected chi connectivity index (χ2v) is 5.71. The highest BCUT2D eigenvalue weighted by atomic mass is 16.5. The number of hydrogen-bond acceptors (Lipinski definition) is 2. The minimum Gasteiger partial charge on any atom is -0.494 e. The quantitative estimate of drug-likeness (QED) is 0.795. The van der Waals surface area contributed by atoms with E-state index in [1.54, 1.807) is 0 Å². The molecule has 0 aliphatic heterocycles. The molecule has 0 radical (unpaired) electrons. The summed E-state index contributed by atoms with van der Waals surface area (Å²) in [4.78, 5) is 0. The molecule has 19 heavy (non-hydrogen) atoms. The lowest BCUT2D eigenvalue weighted by molar-refractivity contribution is 0.338. The van der Waals surface area contributed by atoms with E-state index in [4.69, 9.17) is 10.5 Å². The molecule has 0 spiro atoms. The Labute approximate surface area is 117 Å². The summed E-state index contributed by atoms with van der Waals surface area (Å²) >= 11 is 0. The van der Waals surface area contributed by atoms with Crippen LogP contribution in [-0.2, 0) is 0 Å². The molecule has 2 heteroatoms. The van der Waals surface area contributed by atoms with Crippen molar-refractivity contribution in [1.29, 1.82) is 0 Å². The fraction of sp³-hybridized carbons (Fsp3) is 0.647. The molecule has 1 aliphatic rings. The van der Waals surface area contributed by atoms with Crippen molar-refractivity contribution in [2.24, 2.45) is 11.7 Å². The Morgan fingerprint density at radius 1 is 1.21 bits per heavy atom. The Bertz CT molecular complexity index is 369. The first-order valence-electron chi connectivity index (χ1n) is 7.78. The van der Waals surface area contributed by atoms with Crippen LogP contribution in [0, 0.1) is 5.92 Å². The highest BCUT2D eigenvalue weighted by Crippen LogP contribution is 2.30. The lowest BCUT2D eigenvalue weighted by Crippen LogP contribution is -2.15. The molecule has 1 unspecified atom stereocenters. The van der Waals surface area contributed by atoms with Crippen molar-refractivity contribution >= 4 is 0 Å². The maximum Gasteiger partial charge on any atom is 0.119 e. The monoisotopic (exact) mass is 261 g/mol. The zero-order chi connectivity index (χ0) is 13.5. The van der Waals surface area contributed by atoms with Gasteiger partial charge in [-0.05, 0) is 37.0 Å². The summed E-state index contributed by atoms with van der Waals surface area (Å²) < 4.78 is 5.55. The molecule has 0 saturated heterocycles. The molecule has 1 saturated carbocycles. The minimum absolute atomic E-state index is 0.156. The smallest absolute Gasteiger partial charge is 0.119 e. The Balaban J connectivity index is 1.94. The van der Waals surface area contributed by atoms with Crippen LogP contribution in [-0.4, -0.2) is 6.61 Å². The molecule has 1 aromatic carbocycles. The fourth-order valence-corrected chi connectivity index (χ4v) is 3.10. The topological polar surface area (TPSA) is 35.2 Å². The lowest BCUT2D eigenvalue weighted by Gasteiger charge is -2.20. The van der Waals surface area contributed by atoms with E-state index in [2.05, 4.69) is 12.1 Å². The summed E-state index contributed by atoms with van der Waals surface area (Å²) in [5.41, 5.74) is 7.60. The van der Waals surface area contributed by atoms with Crippen molar-refractivity contribution in [2.45, 2.75) is 57.9 Å². The molecule has 0 amide bonds. The van der Waals surface area contributed by atoms with Gasteiger partial charge < -0.3 is 10.5 Å². The Morgan fingerprint density at radius 2 is 1.95 bits per heavy atom. The average molecular weight is 261 g/mol. The van der Waals surface area contributed by atoms with E-state index in [1.807, 2.05) is 19.1 Å². The third-order valence-corrected chi connectivity index (χ3v) is 4.16. The first-order valence-corrected chi connectivity index (χ1v) is 7.78. The van der Waals surface area contributed by atoms with Crippen molar-refractivity contribution in [1.82, 2.24) is 0 Å². The molecule has 0 aromatic heterocycles. The first kappa shape index (κ1) is 14.4. The number of nitrogens with two attached hydrogens (primary N) is 1. The normalized spacial score (nSPS) is 18.8. The van der Waals surface area contributed by atoms with Crippen LogP contribution in [0.2, 0.25) is 0 Å². The van der Waals surface area contributed by atoms with Crippen LogP contribution in [0.5, 0.6) is 5.75 Å². The van der Waals surface area contributed by atoms with E-state index < -0.39 is 0 Å². The van der Waals surface area contributed by atoms with Gasteiger partial charge in [-0.15, -0.1) is 0 Å². The van der Waals surface area contributed by atoms with Crippen molar-refractivity contribution < 1.29 is 4.74 Å². The number of benzene rings is 1. The van der Waals surface area contributed by atoms with Crippen LogP contribution in [0.4, 0.5) is 0 Å². The SMILES string of the molecule is CCOc1cccc(C(N)CC2CCCCCC2)c1. The van der Waals surface area contributed by atoms with Gasteiger partial charge in [-0.1, -0.05) is 50.7 Å². The Morgan fingerprint density at radius 3 is 2.63 bits per heavy atom. The first-order chi connectivity index (χ1) is 9.29. The number of ether oxygens (including phenoxy) is 1. The highest BCUT2D eigenvalue weighted by molar-refractivity contribution is 5.30. The summed E-state index contributed by atoms with van der Waals surface area (Å²) in [6.45, 7) is 2.72. The van der Waals surface area contributed by atoms with Crippen molar-refractivity contribution in [2.75, 3.05) is 6.61 Å². The summed E-state index contributed by atoms with van der Waals surface area (Å²) in [5.74, 6) is 1.75. The summed E-state index contributed by atoms with van der Waals surface area (Å²) in [7, 11) is 0. The van der Waals surface area contributed by atoms with Crippen LogP contribution >= 0.6 is 0 Å². The molecule has 2 nitrogen and oxygen atoms in total. The Kier molecular flexibility index (Phi) is 5.71. The van der Waals surface area contributed by atoms with Crippen molar-refractivity contribution in [3.63, 3.8) is 0 Å². The number of rotatable bonds is 5. The minimum atomic E-state index is 0.156. The van der Waals surface area contributed by atoms with Crippen LogP contribution in [0.1, 0.15) is 63.5 Å². The molecule has 0 bridgehead atoms. The van der Waals surface area contributed by atoms with E-state index in [1.165, 1.54) is 44.1 Å². The predicted molar refractivity (Wildman–Crippen MR) is 80.3 cm³/mol. The van der Waals surface area contributed by atoms with E-state index in [0.29, 0.717) is 6.61 Å². The molecule has 2 rings (SSSR count). The zero-order valence-corrected chi connectivity index (χ0v) is 12.1. The van der Waals surface area contributed by atoms with Gasteiger partial charge in [-0.3, -0.25) is 0 Å². The van der Waals surface area contributed by atoms with E-state index in [-0.39, 0.29) is 6.04 Å². The lowest BCUT2D eigenvalue weighted by atomic mass is 9.90. The van der Waals surface area contributed by atoms with Gasteiger partial charge in [0.2, 0.25) is 0 Å². The zero-order valence-electron chi connectivity index (χ0n) is 12.1. The molecular formula is C17H27NO. The van der Waals surface area contributed by atoms with Gasteiger partial charge in [0.1, 0.15) is 5.75 Å². The second kappa shape index (κ2) is 7.54. The van der Waals surface area contributed by atoms with Gasteiger partial charge in [-0.25, -0.2) is 0 Å². The van der Waals surface area contributed by atoms with Crippen molar-refractivity contribution in [3.8, 4) is 5.75 Å². The van der Waals surface area contributed by atoms with Gasteiger partial charge in [0.05, 0.1) is 6.61 Å². The van der Waals surface area contributed by atoms with E-state index in [9.17, 15) is 0 Å². The molecule has 1 aliphatic carbocycles. The van der Waals surface area contributed by atoms with Crippen molar-refractivity contribution in [3.05, 3.63) is 29.8 Å². The third-order valence-electron chi connectivity index (χ3n) is 4.16. The highest BCUT2D eigenvalue weighted by Gasteiger charge is 2.17. The second-order valence-electron chi connectivity index (χ2n) is 5.71. The Hall–Kier alpha value is -1.02. The molecule has 2 N–H and O–H groups in total. The average Bonchev–Trinajstić information content (AvgIpc) is 2.68. The molecule has 106 valence electrons. The van der Waals surface area contributed by atoms with Gasteiger partial charge in [-0.2, -0.15) is 0 Å². The summed E-state index contributed by atoms with van der Waals surface area (Å²) in [5, 5.41) is 0.